The van der Waals surface area contributed by atoms with Crippen LogP contribution in [0.1, 0.15) is 21.5 Å². The third-order valence-electron chi connectivity index (χ3n) is 4.67. The first kappa shape index (κ1) is 18.5. The van der Waals surface area contributed by atoms with E-state index in [1.54, 1.807) is 24.4 Å². The number of fused-ring (bicyclic) bond motifs is 1. The molecule has 0 aliphatic rings. The van der Waals surface area contributed by atoms with Crippen LogP contribution in [0.2, 0.25) is 0 Å². The van der Waals surface area contributed by atoms with E-state index in [-0.39, 0.29) is 5.91 Å². The van der Waals surface area contributed by atoms with E-state index in [0.29, 0.717) is 17.9 Å². The molecule has 3 aromatic carbocycles. The van der Waals surface area contributed by atoms with Crippen molar-refractivity contribution in [1.82, 2.24) is 9.99 Å². The second kappa shape index (κ2) is 8.44. The second-order valence-corrected chi connectivity index (χ2v) is 6.68. The summed E-state index contributed by atoms with van der Waals surface area (Å²) in [5, 5.41) is 5.23. The van der Waals surface area contributed by atoms with Gasteiger partial charge in [-0.15, -0.1) is 0 Å². The Balaban J connectivity index is 1.46. The molecular formula is C24H21N3O2. The molecule has 0 aliphatic heterocycles. The van der Waals surface area contributed by atoms with Gasteiger partial charge in [-0.3, -0.25) is 4.79 Å². The van der Waals surface area contributed by atoms with E-state index in [1.165, 1.54) is 0 Å². The molecule has 0 aliphatic carbocycles. The Morgan fingerprint density at radius 2 is 1.72 bits per heavy atom. The summed E-state index contributed by atoms with van der Waals surface area (Å²) in [7, 11) is 1.98. The highest BCUT2D eigenvalue weighted by Gasteiger charge is 2.12. The Kier molecular flexibility index (Phi) is 5.38. The number of carbonyl (C=O) groups is 1. The molecule has 1 N–H and O–H groups in total. The predicted octanol–water partition coefficient (Wildman–Crippen LogP) is 4.52. The Labute approximate surface area is 169 Å². The number of benzene rings is 3. The van der Waals surface area contributed by atoms with Gasteiger partial charge in [0.15, 0.2) is 0 Å². The lowest BCUT2D eigenvalue weighted by molar-refractivity contribution is 0.0950. The van der Waals surface area contributed by atoms with E-state index in [4.69, 9.17) is 4.74 Å². The number of nitrogens with one attached hydrogen (secondary N) is 1. The van der Waals surface area contributed by atoms with Crippen LogP contribution in [0.5, 0.6) is 5.75 Å². The van der Waals surface area contributed by atoms with Crippen LogP contribution in [0.15, 0.2) is 90.2 Å². The lowest BCUT2D eigenvalue weighted by Crippen LogP contribution is -2.18. The largest absolute Gasteiger partial charge is 0.488 e. The van der Waals surface area contributed by atoms with Crippen LogP contribution < -0.4 is 10.2 Å². The smallest absolute Gasteiger partial charge is 0.275 e. The van der Waals surface area contributed by atoms with Crippen LogP contribution >= 0.6 is 0 Å². The molecule has 144 valence electrons. The van der Waals surface area contributed by atoms with Crippen LogP contribution in [0.3, 0.4) is 0 Å². The fourth-order valence-electron chi connectivity index (χ4n) is 3.21. The molecule has 0 atom stereocenters. The van der Waals surface area contributed by atoms with Crippen molar-refractivity contribution in [1.29, 1.82) is 0 Å². The van der Waals surface area contributed by atoms with Crippen molar-refractivity contribution in [2.24, 2.45) is 12.1 Å². The van der Waals surface area contributed by atoms with Crippen LogP contribution in [-0.4, -0.2) is 16.7 Å². The van der Waals surface area contributed by atoms with E-state index in [9.17, 15) is 4.79 Å². The van der Waals surface area contributed by atoms with E-state index >= 15 is 0 Å². The fourth-order valence-corrected chi connectivity index (χ4v) is 3.21. The van der Waals surface area contributed by atoms with Gasteiger partial charge in [0.2, 0.25) is 0 Å². The molecule has 5 heteroatoms. The Hall–Kier alpha value is -3.86. The molecule has 29 heavy (non-hydrogen) atoms. The molecule has 0 radical (unpaired) electrons. The molecule has 1 amide bonds. The number of hydrogen-bond donors (Lipinski definition) is 1. The summed E-state index contributed by atoms with van der Waals surface area (Å²) >= 11 is 0. The van der Waals surface area contributed by atoms with Crippen molar-refractivity contribution in [2.45, 2.75) is 6.61 Å². The topological polar surface area (TPSA) is 55.6 Å². The molecule has 4 rings (SSSR count). The third kappa shape index (κ3) is 4.19. The average molecular weight is 383 g/mol. The molecule has 0 fully saturated rings. The first-order valence-electron chi connectivity index (χ1n) is 9.35. The molecule has 1 heterocycles. The molecule has 4 aromatic rings. The highest BCUT2D eigenvalue weighted by molar-refractivity contribution is 6.01. The fraction of sp³-hybridized carbons (Fsp3) is 0.0833. The maximum Gasteiger partial charge on any atom is 0.275 e. The number of amides is 1. The van der Waals surface area contributed by atoms with Crippen molar-refractivity contribution in [3.05, 3.63) is 102 Å². The Morgan fingerprint density at radius 1 is 1.00 bits per heavy atom. The predicted molar refractivity (Wildman–Crippen MR) is 115 cm³/mol. The van der Waals surface area contributed by atoms with Crippen molar-refractivity contribution in [3.8, 4) is 5.75 Å². The Morgan fingerprint density at radius 3 is 2.59 bits per heavy atom. The van der Waals surface area contributed by atoms with E-state index < -0.39 is 0 Å². The first-order chi connectivity index (χ1) is 14.2. The van der Waals surface area contributed by atoms with Gasteiger partial charge in [0.1, 0.15) is 12.4 Å². The lowest BCUT2D eigenvalue weighted by atomic mass is 10.2. The van der Waals surface area contributed by atoms with Crippen LogP contribution in [0.4, 0.5) is 0 Å². The minimum Gasteiger partial charge on any atom is -0.488 e. The number of hydrogen-bond acceptors (Lipinski definition) is 3. The number of hydrazone groups is 1. The summed E-state index contributed by atoms with van der Waals surface area (Å²) in [6, 6.07) is 25.1. The number of ether oxygens (including phenoxy) is 1. The van der Waals surface area contributed by atoms with Gasteiger partial charge in [-0.2, -0.15) is 5.10 Å². The minimum atomic E-state index is -0.315. The molecule has 0 spiro atoms. The van der Waals surface area contributed by atoms with Crippen molar-refractivity contribution in [2.75, 3.05) is 0 Å². The third-order valence-corrected chi connectivity index (χ3v) is 4.67. The number of nitrogens with zero attached hydrogens (tertiary/aromatic N) is 2. The quantitative estimate of drug-likeness (QED) is 0.393. The zero-order valence-corrected chi connectivity index (χ0v) is 16.1. The highest BCUT2D eigenvalue weighted by atomic mass is 16.5. The zero-order valence-electron chi connectivity index (χ0n) is 16.1. The van der Waals surface area contributed by atoms with Gasteiger partial charge in [0, 0.05) is 29.7 Å². The monoisotopic (exact) mass is 383 g/mol. The van der Waals surface area contributed by atoms with Gasteiger partial charge >= 0.3 is 0 Å². The normalized spacial score (nSPS) is 11.1. The second-order valence-electron chi connectivity index (χ2n) is 6.68. The standard InChI is InChI=1S/C24H21N3O2/c1-27-16-19(20-11-5-7-13-22(20)27)15-25-26-24(28)21-12-6-8-14-23(21)29-17-18-9-3-2-4-10-18/h2-16H,17H2,1H3,(H,26,28)/b25-15-. The number of aryl methyl sites for hydroxylation is 1. The van der Waals surface area contributed by atoms with Gasteiger partial charge < -0.3 is 9.30 Å². The van der Waals surface area contributed by atoms with E-state index in [1.807, 2.05) is 78.5 Å². The van der Waals surface area contributed by atoms with Gasteiger partial charge in [0.25, 0.3) is 5.91 Å². The summed E-state index contributed by atoms with van der Waals surface area (Å²) in [4.78, 5) is 12.6. The van der Waals surface area contributed by atoms with Crippen molar-refractivity contribution in [3.63, 3.8) is 0 Å². The molecule has 5 nitrogen and oxygen atoms in total. The van der Waals surface area contributed by atoms with Gasteiger partial charge in [-0.25, -0.2) is 5.43 Å². The summed E-state index contributed by atoms with van der Waals surface area (Å²) < 4.78 is 7.89. The zero-order chi connectivity index (χ0) is 20.1. The van der Waals surface area contributed by atoms with Crippen molar-refractivity contribution < 1.29 is 9.53 Å². The Bertz CT molecular complexity index is 1160. The summed E-state index contributed by atoms with van der Waals surface area (Å²) in [6.07, 6.45) is 3.64. The van der Waals surface area contributed by atoms with Gasteiger partial charge in [-0.1, -0.05) is 60.7 Å². The molecule has 0 bridgehead atoms. The summed E-state index contributed by atoms with van der Waals surface area (Å²) in [5.41, 5.74) is 6.14. The number of aromatic nitrogens is 1. The minimum absolute atomic E-state index is 0.315. The number of para-hydroxylation sites is 2. The van der Waals surface area contributed by atoms with Crippen LogP contribution in [0, 0.1) is 0 Å². The molecule has 1 aromatic heterocycles. The molecule has 0 saturated carbocycles. The summed E-state index contributed by atoms with van der Waals surface area (Å²) in [5.74, 6) is 0.208. The van der Waals surface area contributed by atoms with Crippen LogP contribution in [-0.2, 0) is 13.7 Å². The van der Waals surface area contributed by atoms with Crippen LogP contribution in [0.25, 0.3) is 10.9 Å². The number of carbonyl (C=O) groups excluding carboxylic acids is 1. The SMILES string of the molecule is Cn1cc(/C=N\NC(=O)c2ccccc2OCc2ccccc2)c2ccccc21. The van der Waals surface area contributed by atoms with E-state index in [2.05, 4.69) is 10.5 Å². The highest BCUT2D eigenvalue weighted by Crippen LogP contribution is 2.20. The van der Waals surface area contributed by atoms with E-state index in [0.717, 1.165) is 22.0 Å². The van der Waals surface area contributed by atoms with Gasteiger partial charge in [0.05, 0.1) is 11.8 Å². The van der Waals surface area contributed by atoms with Gasteiger partial charge in [-0.05, 0) is 23.8 Å². The average Bonchev–Trinajstić information content (AvgIpc) is 3.09. The maximum absolute atomic E-state index is 12.6. The lowest BCUT2D eigenvalue weighted by Gasteiger charge is -2.10. The molecular weight excluding hydrogens is 362 g/mol. The molecule has 0 saturated heterocycles. The first-order valence-corrected chi connectivity index (χ1v) is 9.35. The van der Waals surface area contributed by atoms with Crippen molar-refractivity contribution >= 4 is 23.0 Å². The molecule has 0 unspecified atom stereocenters. The maximum atomic E-state index is 12.6. The number of rotatable bonds is 6. The summed E-state index contributed by atoms with van der Waals surface area (Å²) in [6.45, 7) is 0.393.